The van der Waals surface area contributed by atoms with Crippen LogP contribution in [0.1, 0.15) is 56.1 Å². The molecule has 7 nitrogen and oxygen atoms in total. The molecule has 0 spiro atoms. The van der Waals surface area contributed by atoms with E-state index in [1.165, 1.54) is 12.3 Å². The quantitative estimate of drug-likeness (QED) is 0.310. The maximum Gasteiger partial charge on any atom is 0.343 e. The third kappa shape index (κ3) is 5.90. The zero-order valence-electron chi connectivity index (χ0n) is 21.4. The Hall–Kier alpha value is -2.78. The van der Waals surface area contributed by atoms with Gasteiger partial charge in [0.15, 0.2) is 14.0 Å². The second-order valence-electron chi connectivity index (χ2n) is 11.0. The largest absolute Gasteiger partial charge is 0.462 e. The molecule has 0 radical (unpaired) electrons. The highest BCUT2D eigenvalue weighted by molar-refractivity contribution is 6.71. The fourth-order valence-corrected chi connectivity index (χ4v) is 9.02. The van der Waals surface area contributed by atoms with E-state index in [1.807, 2.05) is 12.1 Å². The van der Waals surface area contributed by atoms with E-state index in [-0.39, 0.29) is 30.0 Å². The second-order valence-corrected chi connectivity index (χ2v) is 15.1. The van der Waals surface area contributed by atoms with Crippen molar-refractivity contribution in [3.05, 3.63) is 59.7 Å². The molecular weight excluding hydrogens is 463 g/mol. The van der Waals surface area contributed by atoms with Crippen LogP contribution in [0, 0.1) is 11.2 Å². The molecule has 0 aliphatic carbocycles. The zero-order valence-corrected chi connectivity index (χ0v) is 22.4. The number of halogens is 1. The summed E-state index contributed by atoms with van der Waals surface area (Å²) >= 11 is 0. The summed E-state index contributed by atoms with van der Waals surface area (Å²) in [4.78, 5) is 19.4. The first-order valence-electron chi connectivity index (χ1n) is 12.2. The van der Waals surface area contributed by atoms with Crippen molar-refractivity contribution in [2.45, 2.75) is 65.4 Å². The molecule has 1 aliphatic heterocycles. The van der Waals surface area contributed by atoms with Crippen molar-refractivity contribution in [2.75, 3.05) is 18.1 Å². The number of anilines is 1. The van der Waals surface area contributed by atoms with Crippen molar-refractivity contribution in [1.82, 2.24) is 14.6 Å². The Morgan fingerprint density at radius 2 is 2.03 bits per heavy atom. The third-order valence-electron chi connectivity index (χ3n) is 6.08. The predicted molar refractivity (Wildman–Crippen MR) is 137 cm³/mol. The number of hydrogen-bond donors (Lipinski definition) is 0. The molecule has 9 heteroatoms. The van der Waals surface area contributed by atoms with E-state index < -0.39 is 14.3 Å². The van der Waals surface area contributed by atoms with Crippen molar-refractivity contribution in [3.63, 3.8) is 0 Å². The fraction of sp³-hybridized carbons (Fsp3) is 0.500. The number of carbonyl (C=O) groups excluding carboxylic acids is 1. The zero-order chi connectivity index (χ0) is 25.4. The molecule has 188 valence electrons. The van der Waals surface area contributed by atoms with Crippen LogP contribution >= 0.6 is 0 Å². The normalized spacial score (nSPS) is 18.9. The average Bonchev–Trinajstić information content (AvgIpc) is 3.35. The summed E-state index contributed by atoms with van der Waals surface area (Å²) in [6.45, 7) is 13.9. The highest BCUT2D eigenvalue weighted by Gasteiger charge is 2.39. The van der Waals surface area contributed by atoms with E-state index in [9.17, 15) is 9.18 Å². The molecule has 1 aromatic carbocycles. The molecule has 4 rings (SSSR count). The van der Waals surface area contributed by atoms with Gasteiger partial charge in [-0.05, 0) is 61.7 Å². The van der Waals surface area contributed by atoms with Crippen molar-refractivity contribution in [2.24, 2.45) is 5.41 Å². The molecule has 35 heavy (non-hydrogen) atoms. The van der Waals surface area contributed by atoms with E-state index in [2.05, 4.69) is 43.9 Å². The van der Waals surface area contributed by atoms with E-state index in [0.29, 0.717) is 23.6 Å². The van der Waals surface area contributed by atoms with Gasteiger partial charge in [0.2, 0.25) is 0 Å². The summed E-state index contributed by atoms with van der Waals surface area (Å²) < 4.78 is 27.7. The Morgan fingerprint density at radius 3 is 2.71 bits per heavy atom. The maximum absolute atomic E-state index is 14.2. The number of benzene rings is 1. The van der Waals surface area contributed by atoms with Gasteiger partial charge in [-0.3, -0.25) is 0 Å². The van der Waals surface area contributed by atoms with E-state index in [0.717, 1.165) is 18.0 Å². The SMILES string of the molecule is CCOC(=O)c1cnn2ccc(N3C[C@H](O[Si](C)(C)CC(C)(C)C)C[C@@H]3c3cccc(F)c3)nc12. The number of rotatable bonds is 7. The van der Waals surface area contributed by atoms with Gasteiger partial charge in [0.1, 0.15) is 17.2 Å². The molecule has 2 atom stereocenters. The molecule has 1 fully saturated rings. The summed E-state index contributed by atoms with van der Waals surface area (Å²) in [6.07, 6.45) is 4.00. The standard InChI is InChI=1S/C26H35FN4O3Si/c1-7-33-25(32)21-15-28-31-12-11-23(29-24(21)31)30-16-20(34-35(5,6)17-26(2,3)4)14-22(30)18-9-8-10-19(27)13-18/h8-13,15,20,22H,7,14,16-17H2,1-6H3/t20-,22-/m1/s1. The first-order valence-corrected chi connectivity index (χ1v) is 15.3. The number of aromatic nitrogens is 3. The molecule has 2 aromatic heterocycles. The van der Waals surface area contributed by atoms with Gasteiger partial charge in [0, 0.05) is 12.7 Å². The van der Waals surface area contributed by atoms with Crippen LogP contribution in [0.3, 0.4) is 0 Å². The van der Waals surface area contributed by atoms with Gasteiger partial charge in [-0.1, -0.05) is 32.9 Å². The van der Waals surface area contributed by atoms with Gasteiger partial charge >= 0.3 is 5.97 Å². The van der Waals surface area contributed by atoms with Crippen LogP contribution < -0.4 is 4.90 Å². The van der Waals surface area contributed by atoms with E-state index >= 15 is 0 Å². The molecule has 3 heterocycles. The predicted octanol–water partition coefficient (Wildman–Crippen LogP) is 5.63. The topological polar surface area (TPSA) is 69.0 Å². The van der Waals surface area contributed by atoms with Crippen LogP contribution in [0.5, 0.6) is 0 Å². The van der Waals surface area contributed by atoms with Crippen LogP contribution in [-0.2, 0) is 9.16 Å². The summed E-state index contributed by atoms with van der Waals surface area (Å²) in [7, 11) is -1.94. The third-order valence-corrected chi connectivity index (χ3v) is 8.97. The van der Waals surface area contributed by atoms with Gasteiger partial charge in [0.25, 0.3) is 0 Å². The smallest absolute Gasteiger partial charge is 0.343 e. The van der Waals surface area contributed by atoms with Crippen LogP contribution in [0.15, 0.2) is 42.7 Å². The van der Waals surface area contributed by atoms with Crippen LogP contribution in [0.25, 0.3) is 5.65 Å². The van der Waals surface area contributed by atoms with Gasteiger partial charge in [0.05, 0.1) is 24.9 Å². The Bertz CT molecular complexity index is 1210. The maximum atomic E-state index is 14.2. The minimum absolute atomic E-state index is 0.000233. The van der Waals surface area contributed by atoms with Crippen molar-refractivity contribution in [1.29, 1.82) is 0 Å². The molecule has 0 amide bonds. The Balaban J connectivity index is 1.68. The highest BCUT2D eigenvalue weighted by atomic mass is 28.4. The number of hydrogen-bond acceptors (Lipinski definition) is 6. The molecule has 0 unspecified atom stereocenters. The van der Waals surface area contributed by atoms with Gasteiger partial charge in [-0.2, -0.15) is 5.10 Å². The number of carbonyl (C=O) groups is 1. The lowest BCUT2D eigenvalue weighted by Gasteiger charge is -2.33. The van der Waals surface area contributed by atoms with Crippen molar-refractivity contribution in [3.8, 4) is 0 Å². The summed E-state index contributed by atoms with van der Waals surface area (Å²) in [5.74, 6) is -0.0244. The summed E-state index contributed by atoms with van der Waals surface area (Å²) in [5.41, 5.74) is 1.83. The Morgan fingerprint density at radius 1 is 1.26 bits per heavy atom. The lowest BCUT2D eigenvalue weighted by Crippen LogP contribution is -2.39. The molecule has 1 aliphatic rings. The van der Waals surface area contributed by atoms with Crippen molar-refractivity contribution >= 4 is 25.8 Å². The number of esters is 1. The minimum Gasteiger partial charge on any atom is -0.462 e. The van der Waals surface area contributed by atoms with Crippen LogP contribution in [0.2, 0.25) is 19.1 Å². The van der Waals surface area contributed by atoms with Crippen LogP contribution in [-0.4, -0.2) is 48.1 Å². The second kappa shape index (κ2) is 9.70. The average molecular weight is 499 g/mol. The van der Waals surface area contributed by atoms with E-state index in [1.54, 1.807) is 29.8 Å². The van der Waals surface area contributed by atoms with Crippen LogP contribution in [0.4, 0.5) is 10.2 Å². The number of fused-ring (bicyclic) bond motifs is 1. The molecule has 0 N–H and O–H groups in total. The van der Waals surface area contributed by atoms with Gasteiger partial charge in [-0.15, -0.1) is 0 Å². The minimum atomic E-state index is -1.94. The summed E-state index contributed by atoms with van der Waals surface area (Å²) in [6, 6.07) is 9.55. The van der Waals surface area contributed by atoms with Gasteiger partial charge in [-0.25, -0.2) is 18.7 Å². The first kappa shape index (κ1) is 25.3. The van der Waals surface area contributed by atoms with E-state index in [4.69, 9.17) is 14.1 Å². The lowest BCUT2D eigenvalue weighted by atomic mass is 10.0. The monoisotopic (exact) mass is 498 g/mol. The van der Waals surface area contributed by atoms with Gasteiger partial charge < -0.3 is 14.1 Å². The first-order chi connectivity index (χ1) is 16.5. The number of nitrogens with zero attached hydrogens (tertiary/aromatic N) is 4. The Labute approximate surface area is 207 Å². The number of ether oxygens (including phenoxy) is 1. The highest BCUT2D eigenvalue weighted by Crippen LogP contribution is 2.39. The Kier molecular flexibility index (Phi) is 7.01. The fourth-order valence-electron chi connectivity index (χ4n) is 5.31. The molecule has 0 bridgehead atoms. The summed E-state index contributed by atoms with van der Waals surface area (Å²) in [5, 5.41) is 4.24. The molecular formula is C26H35FN4O3Si. The van der Waals surface area contributed by atoms with Crippen molar-refractivity contribution < 1.29 is 18.3 Å². The molecule has 1 saturated heterocycles. The molecule has 0 saturated carbocycles. The molecule has 3 aromatic rings. The lowest BCUT2D eigenvalue weighted by molar-refractivity contribution is 0.0528.